The summed E-state index contributed by atoms with van der Waals surface area (Å²) in [5.41, 5.74) is 3.26. The van der Waals surface area contributed by atoms with Crippen molar-refractivity contribution < 1.29 is 23.5 Å². The van der Waals surface area contributed by atoms with E-state index in [1.807, 2.05) is 0 Å². The average molecular weight is 440 g/mol. The molecule has 0 aromatic heterocycles. The Labute approximate surface area is 181 Å². The molecular weight excluding hydrogens is 425 g/mol. The third-order valence-corrected chi connectivity index (χ3v) is 4.07. The molecule has 0 saturated heterocycles. The van der Waals surface area contributed by atoms with Crippen molar-refractivity contribution in [2.24, 2.45) is 5.10 Å². The van der Waals surface area contributed by atoms with Gasteiger partial charge in [-0.15, -0.1) is 0 Å². The summed E-state index contributed by atoms with van der Waals surface area (Å²) in [7, 11) is 0. The van der Waals surface area contributed by atoms with E-state index in [1.165, 1.54) is 24.4 Å². The highest BCUT2D eigenvalue weighted by molar-refractivity contribution is 6.39. The first-order valence-corrected chi connectivity index (χ1v) is 9.26. The largest absolute Gasteiger partial charge is 0.423 e. The fraction of sp³-hybridized carbons (Fsp3) is 0. The lowest BCUT2D eigenvalue weighted by atomic mass is 10.2. The van der Waals surface area contributed by atoms with Gasteiger partial charge < -0.3 is 10.1 Å². The van der Waals surface area contributed by atoms with E-state index in [4.69, 9.17) is 16.3 Å². The number of carbonyl (C=O) groups is 3. The van der Waals surface area contributed by atoms with Crippen molar-refractivity contribution in [1.29, 1.82) is 0 Å². The Kier molecular flexibility index (Phi) is 7.08. The maximum absolute atomic E-state index is 12.8. The number of rotatable bonds is 5. The standard InChI is InChI=1S/C22H15ClFN3O4/c23-16-3-1-2-15(12-16)22(30)31-19-10-4-14(5-11-19)13-25-27-21(29)20(28)26-18-8-6-17(24)7-9-18/h1-13H,(H,26,28)(H,27,29). The summed E-state index contributed by atoms with van der Waals surface area (Å²) < 4.78 is 18.1. The lowest BCUT2D eigenvalue weighted by Gasteiger charge is -2.05. The third kappa shape index (κ3) is 6.48. The molecular formula is C22H15ClFN3O4. The summed E-state index contributed by atoms with van der Waals surface area (Å²) in [4.78, 5) is 35.6. The summed E-state index contributed by atoms with van der Waals surface area (Å²) in [6.07, 6.45) is 1.31. The predicted octanol–water partition coefficient (Wildman–Crippen LogP) is 3.79. The molecule has 156 valence electrons. The van der Waals surface area contributed by atoms with Gasteiger partial charge in [0.2, 0.25) is 0 Å². The molecule has 0 radical (unpaired) electrons. The molecule has 2 amide bonds. The zero-order valence-electron chi connectivity index (χ0n) is 15.8. The van der Waals surface area contributed by atoms with Crippen LogP contribution < -0.4 is 15.5 Å². The van der Waals surface area contributed by atoms with Gasteiger partial charge in [0, 0.05) is 10.7 Å². The van der Waals surface area contributed by atoms with E-state index in [9.17, 15) is 18.8 Å². The summed E-state index contributed by atoms with van der Waals surface area (Å²) >= 11 is 5.86. The summed E-state index contributed by atoms with van der Waals surface area (Å²) in [5.74, 6) is -2.65. The number of hydrogen-bond donors (Lipinski definition) is 2. The maximum atomic E-state index is 12.8. The van der Waals surface area contributed by atoms with Gasteiger partial charge in [0.05, 0.1) is 11.8 Å². The summed E-state index contributed by atoms with van der Waals surface area (Å²) in [6.45, 7) is 0. The minimum atomic E-state index is -0.993. The van der Waals surface area contributed by atoms with Gasteiger partial charge in [-0.05, 0) is 72.3 Å². The van der Waals surface area contributed by atoms with Crippen molar-refractivity contribution in [3.63, 3.8) is 0 Å². The van der Waals surface area contributed by atoms with E-state index < -0.39 is 23.6 Å². The zero-order valence-corrected chi connectivity index (χ0v) is 16.6. The number of hydrazone groups is 1. The molecule has 3 aromatic carbocycles. The van der Waals surface area contributed by atoms with E-state index in [1.54, 1.807) is 42.5 Å². The van der Waals surface area contributed by atoms with Crippen LogP contribution in [0.5, 0.6) is 5.75 Å². The smallest absolute Gasteiger partial charge is 0.343 e. The minimum Gasteiger partial charge on any atom is -0.423 e. The van der Waals surface area contributed by atoms with Crippen molar-refractivity contribution >= 4 is 41.3 Å². The second-order valence-corrected chi connectivity index (χ2v) is 6.57. The van der Waals surface area contributed by atoms with Crippen LogP contribution in [0.4, 0.5) is 10.1 Å². The highest BCUT2D eigenvalue weighted by Crippen LogP contribution is 2.16. The second kappa shape index (κ2) is 10.1. The molecule has 0 heterocycles. The monoisotopic (exact) mass is 439 g/mol. The summed E-state index contributed by atoms with van der Waals surface area (Å²) in [6, 6.07) is 17.6. The Morgan fingerprint density at radius 3 is 2.32 bits per heavy atom. The van der Waals surface area contributed by atoms with Crippen LogP contribution in [0.25, 0.3) is 0 Å². The number of ether oxygens (including phenoxy) is 1. The number of nitrogens with zero attached hydrogens (tertiary/aromatic N) is 1. The summed E-state index contributed by atoms with van der Waals surface area (Å²) in [5, 5.41) is 6.44. The van der Waals surface area contributed by atoms with Crippen molar-refractivity contribution in [2.45, 2.75) is 0 Å². The topological polar surface area (TPSA) is 96.9 Å². The SMILES string of the molecule is O=C(NN=Cc1ccc(OC(=O)c2cccc(Cl)c2)cc1)C(=O)Nc1ccc(F)cc1. The molecule has 0 fully saturated rings. The molecule has 0 saturated carbocycles. The van der Waals surface area contributed by atoms with Gasteiger partial charge in [-0.1, -0.05) is 17.7 Å². The average Bonchev–Trinajstić information content (AvgIpc) is 2.76. The van der Waals surface area contributed by atoms with Crippen molar-refractivity contribution in [1.82, 2.24) is 5.43 Å². The van der Waals surface area contributed by atoms with Gasteiger partial charge in [0.1, 0.15) is 11.6 Å². The number of carbonyl (C=O) groups excluding carboxylic acids is 3. The molecule has 0 atom stereocenters. The lowest BCUT2D eigenvalue weighted by Crippen LogP contribution is -2.32. The van der Waals surface area contributed by atoms with Crippen LogP contribution in [-0.2, 0) is 9.59 Å². The quantitative estimate of drug-likeness (QED) is 0.208. The fourth-order valence-electron chi connectivity index (χ4n) is 2.34. The molecule has 9 heteroatoms. The van der Waals surface area contributed by atoms with Crippen molar-refractivity contribution in [3.8, 4) is 5.75 Å². The number of amides is 2. The number of nitrogens with one attached hydrogen (secondary N) is 2. The first-order chi connectivity index (χ1) is 14.9. The molecule has 2 N–H and O–H groups in total. The molecule has 0 spiro atoms. The van der Waals surface area contributed by atoms with E-state index in [0.717, 1.165) is 12.1 Å². The minimum absolute atomic E-state index is 0.272. The number of hydrogen-bond acceptors (Lipinski definition) is 5. The normalized spacial score (nSPS) is 10.5. The highest BCUT2D eigenvalue weighted by atomic mass is 35.5. The van der Waals surface area contributed by atoms with Gasteiger partial charge in [-0.2, -0.15) is 5.10 Å². The van der Waals surface area contributed by atoms with E-state index in [0.29, 0.717) is 21.9 Å². The molecule has 0 aliphatic heterocycles. The van der Waals surface area contributed by atoms with Gasteiger partial charge >= 0.3 is 17.8 Å². The van der Waals surface area contributed by atoms with E-state index in [2.05, 4.69) is 15.8 Å². The van der Waals surface area contributed by atoms with Crippen LogP contribution in [0.2, 0.25) is 5.02 Å². The number of benzene rings is 3. The molecule has 31 heavy (non-hydrogen) atoms. The Hall–Kier alpha value is -4.04. The van der Waals surface area contributed by atoms with Crippen LogP contribution in [0.1, 0.15) is 15.9 Å². The molecule has 7 nitrogen and oxygen atoms in total. The van der Waals surface area contributed by atoms with Crippen LogP contribution in [0.15, 0.2) is 77.9 Å². The van der Waals surface area contributed by atoms with Gasteiger partial charge in [0.15, 0.2) is 0 Å². The third-order valence-electron chi connectivity index (χ3n) is 3.84. The first kappa shape index (κ1) is 21.7. The molecule has 3 aromatic rings. The second-order valence-electron chi connectivity index (χ2n) is 6.13. The van der Waals surface area contributed by atoms with Crippen molar-refractivity contribution in [3.05, 3.63) is 94.8 Å². The highest BCUT2D eigenvalue weighted by Gasteiger charge is 2.13. The molecule has 0 aliphatic carbocycles. The van der Waals surface area contributed by atoms with Crippen LogP contribution >= 0.6 is 11.6 Å². The van der Waals surface area contributed by atoms with Gasteiger partial charge in [-0.25, -0.2) is 14.6 Å². The van der Waals surface area contributed by atoms with E-state index >= 15 is 0 Å². The lowest BCUT2D eigenvalue weighted by molar-refractivity contribution is -0.136. The zero-order chi connectivity index (χ0) is 22.2. The van der Waals surface area contributed by atoms with E-state index in [-0.39, 0.29) is 5.69 Å². The number of esters is 1. The Bertz CT molecular complexity index is 1130. The Morgan fingerprint density at radius 1 is 0.935 bits per heavy atom. The molecule has 3 rings (SSSR count). The van der Waals surface area contributed by atoms with Crippen LogP contribution in [0, 0.1) is 5.82 Å². The maximum Gasteiger partial charge on any atom is 0.343 e. The predicted molar refractivity (Wildman–Crippen MR) is 114 cm³/mol. The molecule has 0 unspecified atom stereocenters. The van der Waals surface area contributed by atoms with Crippen LogP contribution in [-0.4, -0.2) is 24.0 Å². The van der Waals surface area contributed by atoms with Crippen molar-refractivity contribution in [2.75, 3.05) is 5.32 Å². The first-order valence-electron chi connectivity index (χ1n) is 8.88. The number of anilines is 1. The van der Waals surface area contributed by atoms with Gasteiger partial charge in [0.25, 0.3) is 0 Å². The number of halogens is 2. The van der Waals surface area contributed by atoms with Gasteiger partial charge in [-0.3, -0.25) is 9.59 Å². The van der Waals surface area contributed by atoms with Crippen LogP contribution in [0.3, 0.4) is 0 Å². The molecule has 0 aliphatic rings. The molecule has 0 bridgehead atoms. The fourth-order valence-corrected chi connectivity index (χ4v) is 2.53. The Morgan fingerprint density at radius 2 is 1.65 bits per heavy atom. The Balaban J connectivity index is 1.50.